The first-order valence-electron chi connectivity index (χ1n) is 12.0. The molecule has 4 aromatic rings. The summed E-state index contributed by atoms with van der Waals surface area (Å²) in [6.45, 7) is 5.64. The summed E-state index contributed by atoms with van der Waals surface area (Å²) in [4.78, 5) is 26.9. The Morgan fingerprint density at radius 2 is 1.92 bits per heavy atom. The van der Waals surface area contributed by atoms with Crippen LogP contribution in [0.25, 0.3) is 28.2 Å². The molecule has 1 N–H and O–H groups in total. The monoisotopic (exact) mass is 535 g/mol. The Labute approximate surface area is 223 Å². The van der Waals surface area contributed by atoms with E-state index in [4.69, 9.17) is 16.6 Å². The van der Waals surface area contributed by atoms with Crippen LogP contribution in [-0.4, -0.2) is 36.9 Å². The van der Waals surface area contributed by atoms with Crippen LogP contribution in [0.3, 0.4) is 0 Å². The second-order valence-corrected chi connectivity index (χ2v) is 13.6. The highest BCUT2D eigenvalue weighted by molar-refractivity contribution is 8.20. The number of aryl methyl sites for hydroxylation is 1. The maximum absolute atomic E-state index is 12.8. The SMILES string of the molecule is CC(C)(C)C(=O)Nc1ncccc1-c1nc2ccc(Cl)nc2n1-c1ccc2c(c1)CCC21SCCS1. The fraction of sp³-hybridized carbons (Fsp3) is 0.333. The average Bonchev–Trinajstić information content (AvgIpc) is 3.56. The van der Waals surface area contributed by atoms with Crippen molar-refractivity contribution in [1.29, 1.82) is 0 Å². The van der Waals surface area contributed by atoms with Gasteiger partial charge in [0.25, 0.3) is 0 Å². The molecule has 0 unspecified atom stereocenters. The van der Waals surface area contributed by atoms with Crippen molar-refractivity contribution in [3.63, 3.8) is 0 Å². The number of carbonyl (C=O) groups is 1. The van der Waals surface area contributed by atoms with E-state index in [1.54, 1.807) is 12.3 Å². The second kappa shape index (κ2) is 8.78. The molecule has 1 fully saturated rings. The van der Waals surface area contributed by atoms with E-state index in [2.05, 4.69) is 57.0 Å². The fourth-order valence-corrected chi connectivity index (χ4v) is 8.33. The van der Waals surface area contributed by atoms with Gasteiger partial charge >= 0.3 is 0 Å². The topological polar surface area (TPSA) is 72.7 Å². The first kappa shape index (κ1) is 23.8. The van der Waals surface area contributed by atoms with E-state index in [9.17, 15) is 4.79 Å². The van der Waals surface area contributed by atoms with Crippen LogP contribution in [0, 0.1) is 5.41 Å². The van der Waals surface area contributed by atoms with Crippen LogP contribution in [0.4, 0.5) is 5.82 Å². The second-order valence-electron chi connectivity index (χ2n) is 10.1. The molecule has 1 aromatic carbocycles. The first-order valence-corrected chi connectivity index (χ1v) is 14.3. The molecule has 9 heteroatoms. The third kappa shape index (κ3) is 3.99. The van der Waals surface area contributed by atoms with Crippen molar-refractivity contribution in [2.75, 3.05) is 16.8 Å². The lowest BCUT2D eigenvalue weighted by Gasteiger charge is -2.22. The zero-order valence-electron chi connectivity index (χ0n) is 20.3. The number of benzene rings is 1. The van der Waals surface area contributed by atoms with Gasteiger partial charge < -0.3 is 5.32 Å². The highest BCUT2D eigenvalue weighted by atomic mass is 35.5. The molecular formula is C27H26ClN5OS2. The maximum Gasteiger partial charge on any atom is 0.230 e. The highest BCUT2D eigenvalue weighted by Gasteiger charge is 2.42. The van der Waals surface area contributed by atoms with Crippen LogP contribution < -0.4 is 5.32 Å². The average molecular weight is 536 g/mol. The molecule has 3 aromatic heterocycles. The van der Waals surface area contributed by atoms with E-state index >= 15 is 0 Å². The molecule has 6 nitrogen and oxygen atoms in total. The van der Waals surface area contributed by atoms with Crippen molar-refractivity contribution >= 4 is 58.0 Å². The molecule has 0 saturated carbocycles. The van der Waals surface area contributed by atoms with Gasteiger partial charge in [0.15, 0.2) is 11.5 Å². The number of hydrogen-bond donors (Lipinski definition) is 1. The third-order valence-electron chi connectivity index (χ3n) is 6.67. The normalized spacial score (nSPS) is 16.6. The van der Waals surface area contributed by atoms with Gasteiger partial charge in [-0.1, -0.05) is 38.4 Å². The van der Waals surface area contributed by atoms with Crippen LogP contribution in [0.2, 0.25) is 5.15 Å². The summed E-state index contributed by atoms with van der Waals surface area (Å²) < 4.78 is 2.23. The molecule has 36 heavy (non-hydrogen) atoms. The van der Waals surface area contributed by atoms with Crippen molar-refractivity contribution in [2.45, 2.75) is 37.7 Å². The zero-order chi connectivity index (χ0) is 25.1. The quantitative estimate of drug-likeness (QED) is 0.294. The van der Waals surface area contributed by atoms with Crippen molar-refractivity contribution in [2.24, 2.45) is 5.41 Å². The van der Waals surface area contributed by atoms with Crippen molar-refractivity contribution in [3.8, 4) is 17.1 Å². The molecule has 2 aliphatic rings. The Hall–Kier alpha value is -2.55. The van der Waals surface area contributed by atoms with Gasteiger partial charge in [-0.15, -0.1) is 23.5 Å². The number of aromatic nitrogens is 4. The summed E-state index contributed by atoms with van der Waals surface area (Å²) in [5, 5.41) is 3.41. The summed E-state index contributed by atoms with van der Waals surface area (Å²) >= 11 is 10.5. The van der Waals surface area contributed by atoms with Gasteiger partial charge in [0.05, 0.1) is 9.64 Å². The van der Waals surface area contributed by atoms with Crippen LogP contribution >= 0.6 is 35.1 Å². The van der Waals surface area contributed by atoms with E-state index in [0.717, 1.165) is 29.6 Å². The van der Waals surface area contributed by atoms with E-state index in [0.29, 0.717) is 22.4 Å². The molecule has 0 radical (unpaired) electrons. The largest absolute Gasteiger partial charge is 0.310 e. The predicted molar refractivity (Wildman–Crippen MR) is 150 cm³/mol. The number of nitrogens with one attached hydrogen (secondary N) is 1. The predicted octanol–water partition coefficient (Wildman–Crippen LogP) is 6.70. The number of amides is 1. The van der Waals surface area contributed by atoms with Crippen molar-refractivity contribution in [3.05, 3.63) is 64.9 Å². The molecule has 1 aliphatic heterocycles. The van der Waals surface area contributed by atoms with Crippen LogP contribution in [-0.2, 0) is 15.3 Å². The van der Waals surface area contributed by atoms with Crippen molar-refractivity contribution < 1.29 is 4.79 Å². The van der Waals surface area contributed by atoms with E-state index in [-0.39, 0.29) is 9.99 Å². The number of fused-ring (bicyclic) bond motifs is 3. The standard InChI is InChI=1S/C27H26ClN5OS2/c1-26(2,3)25(34)32-22-18(5-4-12-29-22)23-30-20-8-9-21(28)31-24(20)33(23)17-6-7-19-16(15-17)10-11-27(19)35-13-14-36-27/h4-9,12,15H,10-11,13-14H2,1-3H3,(H,29,32,34). The minimum atomic E-state index is -0.559. The third-order valence-corrected chi connectivity index (χ3v) is 10.4. The molecule has 1 saturated heterocycles. The van der Waals surface area contributed by atoms with E-state index in [1.165, 1.54) is 22.6 Å². The molecule has 1 spiro atoms. The fourth-order valence-electron chi connectivity index (χ4n) is 4.83. The van der Waals surface area contributed by atoms with Gasteiger partial charge in [-0.3, -0.25) is 9.36 Å². The number of imidazole rings is 1. The summed E-state index contributed by atoms with van der Waals surface area (Å²) in [5.41, 5.74) is 5.35. The summed E-state index contributed by atoms with van der Waals surface area (Å²) in [6, 6.07) is 14.1. The zero-order valence-corrected chi connectivity index (χ0v) is 22.7. The smallest absolute Gasteiger partial charge is 0.230 e. The Kier molecular flexibility index (Phi) is 5.81. The number of halogens is 1. The van der Waals surface area contributed by atoms with E-state index < -0.39 is 5.41 Å². The Morgan fingerprint density at radius 3 is 2.69 bits per heavy atom. The molecule has 1 aliphatic carbocycles. The molecule has 1 amide bonds. The minimum Gasteiger partial charge on any atom is -0.310 e. The van der Waals surface area contributed by atoms with Gasteiger partial charge in [-0.05, 0) is 60.4 Å². The Balaban J connectivity index is 1.53. The molecule has 0 bridgehead atoms. The lowest BCUT2D eigenvalue weighted by molar-refractivity contribution is -0.123. The van der Waals surface area contributed by atoms with Gasteiger partial charge in [0.1, 0.15) is 16.5 Å². The molecule has 4 heterocycles. The van der Waals surface area contributed by atoms with E-state index in [1.807, 2.05) is 43.5 Å². The van der Waals surface area contributed by atoms with Crippen molar-refractivity contribution in [1.82, 2.24) is 19.5 Å². The number of carbonyl (C=O) groups excluding carboxylic acids is 1. The Morgan fingerprint density at radius 1 is 1.11 bits per heavy atom. The molecule has 0 atom stereocenters. The number of nitrogens with zero attached hydrogens (tertiary/aromatic N) is 4. The minimum absolute atomic E-state index is 0.110. The number of thioether (sulfide) groups is 2. The molecular weight excluding hydrogens is 510 g/mol. The Bertz CT molecular complexity index is 1500. The van der Waals surface area contributed by atoms with Gasteiger partial charge in [0.2, 0.25) is 5.91 Å². The maximum atomic E-state index is 12.8. The summed E-state index contributed by atoms with van der Waals surface area (Å²) in [5.74, 6) is 3.43. The lowest BCUT2D eigenvalue weighted by Crippen LogP contribution is -2.28. The highest BCUT2D eigenvalue weighted by Crippen LogP contribution is 2.59. The summed E-state index contributed by atoms with van der Waals surface area (Å²) in [6.07, 6.45) is 3.89. The first-order chi connectivity index (χ1) is 17.2. The van der Waals surface area contributed by atoms with Gasteiger partial charge in [-0.25, -0.2) is 15.0 Å². The number of hydrogen-bond acceptors (Lipinski definition) is 6. The van der Waals surface area contributed by atoms with Crippen LogP contribution in [0.5, 0.6) is 0 Å². The number of pyridine rings is 2. The van der Waals surface area contributed by atoms with Gasteiger partial charge in [-0.2, -0.15) is 0 Å². The lowest BCUT2D eigenvalue weighted by atomic mass is 9.95. The van der Waals surface area contributed by atoms with Crippen LogP contribution in [0.1, 0.15) is 38.3 Å². The van der Waals surface area contributed by atoms with Crippen LogP contribution in [0.15, 0.2) is 48.7 Å². The van der Waals surface area contributed by atoms with Gasteiger partial charge in [0, 0.05) is 28.8 Å². The summed E-state index contributed by atoms with van der Waals surface area (Å²) in [7, 11) is 0. The molecule has 6 rings (SSSR count). The molecule has 184 valence electrons. The number of anilines is 1. The number of rotatable bonds is 3.